The number of amides is 2. The molecule has 1 heterocycles. The number of thioether (sulfide) groups is 1. The quantitative estimate of drug-likeness (QED) is 0.910. The highest BCUT2D eigenvalue weighted by Crippen LogP contribution is 2.29. The average molecular weight is 271 g/mol. The highest BCUT2D eigenvalue weighted by molar-refractivity contribution is 8.14. The van der Waals surface area contributed by atoms with Crippen LogP contribution in [0.2, 0.25) is 0 Å². The van der Waals surface area contributed by atoms with Gasteiger partial charge in [-0.1, -0.05) is 11.8 Å². The molecule has 1 aliphatic heterocycles. The van der Waals surface area contributed by atoms with E-state index in [1.54, 1.807) is 0 Å². The van der Waals surface area contributed by atoms with E-state index in [9.17, 15) is 19.1 Å². The van der Waals surface area contributed by atoms with Gasteiger partial charge in [0.25, 0.3) is 5.24 Å². The number of phenolic OH excluding ortho intramolecular Hbond substituents is 1. The lowest BCUT2D eigenvalue weighted by Gasteiger charge is -2.22. The topological polar surface area (TPSA) is 66.8 Å². The first-order chi connectivity index (χ1) is 8.49. The number of ether oxygens (including phenoxy) is 1. The highest BCUT2D eigenvalue weighted by Gasteiger charge is 2.35. The number of rotatable bonds is 3. The van der Waals surface area contributed by atoms with Gasteiger partial charge in [0, 0.05) is 6.07 Å². The van der Waals surface area contributed by atoms with E-state index in [1.165, 1.54) is 13.0 Å². The maximum atomic E-state index is 12.8. The number of benzene rings is 1. The van der Waals surface area contributed by atoms with E-state index in [1.807, 2.05) is 0 Å². The molecule has 1 aliphatic rings. The molecule has 0 aromatic heterocycles. The van der Waals surface area contributed by atoms with Crippen molar-refractivity contribution < 1.29 is 23.8 Å². The van der Waals surface area contributed by atoms with Gasteiger partial charge in [-0.05, 0) is 19.1 Å². The van der Waals surface area contributed by atoms with Crippen molar-refractivity contribution in [3.63, 3.8) is 0 Å². The molecule has 2 rings (SSSR count). The van der Waals surface area contributed by atoms with Crippen molar-refractivity contribution in [3.8, 4) is 11.5 Å². The second kappa shape index (κ2) is 4.85. The minimum Gasteiger partial charge on any atom is -0.504 e. The van der Waals surface area contributed by atoms with E-state index >= 15 is 0 Å². The molecule has 1 aromatic carbocycles. The summed E-state index contributed by atoms with van der Waals surface area (Å²) in [6, 6.07) is 3.24. The molecular weight excluding hydrogens is 261 g/mol. The molecule has 96 valence electrons. The third-order valence-electron chi connectivity index (χ3n) is 2.37. The lowest BCUT2D eigenvalue weighted by Crippen LogP contribution is -2.40. The number of hydrogen-bond acceptors (Lipinski definition) is 5. The molecule has 0 radical (unpaired) electrons. The van der Waals surface area contributed by atoms with Crippen LogP contribution in [0, 0.1) is 5.82 Å². The summed E-state index contributed by atoms with van der Waals surface area (Å²) in [5.41, 5.74) is 0. The summed E-state index contributed by atoms with van der Waals surface area (Å²) >= 11 is 0.894. The zero-order chi connectivity index (χ0) is 13.3. The van der Waals surface area contributed by atoms with Gasteiger partial charge >= 0.3 is 0 Å². The van der Waals surface area contributed by atoms with Gasteiger partial charge in [0.2, 0.25) is 5.91 Å². The standard InChI is InChI=1S/C11H10FNO4S/c1-6(13-10(15)5-18-11(13)16)17-9-3-2-7(12)4-8(9)14/h2-4,6,14H,5H2,1H3. The zero-order valence-corrected chi connectivity index (χ0v) is 10.2. The number of phenols is 1. The Balaban J connectivity index is 2.13. The van der Waals surface area contributed by atoms with Crippen LogP contribution < -0.4 is 4.74 Å². The van der Waals surface area contributed by atoms with Gasteiger partial charge in [-0.2, -0.15) is 0 Å². The number of carbonyl (C=O) groups is 2. The molecule has 1 fully saturated rings. The number of nitrogens with zero attached hydrogens (tertiary/aromatic N) is 1. The van der Waals surface area contributed by atoms with E-state index in [-0.39, 0.29) is 23.2 Å². The van der Waals surface area contributed by atoms with Crippen LogP contribution in [0.25, 0.3) is 0 Å². The summed E-state index contributed by atoms with van der Waals surface area (Å²) in [5, 5.41) is 9.06. The van der Waals surface area contributed by atoms with E-state index in [4.69, 9.17) is 4.74 Å². The Morgan fingerprint density at radius 3 is 2.78 bits per heavy atom. The van der Waals surface area contributed by atoms with Crippen LogP contribution in [0.4, 0.5) is 9.18 Å². The van der Waals surface area contributed by atoms with Crippen LogP contribution in [0.15, 0.2) is 18.2 Å². The SMILES string of the molecule is CC(Oc1ccc(F)cc1O)N1C(=O)CSC1=O. The fourth-order valence-electron chi connectivity index (χ4n) is 1.54. The molecule has 2 amide bonds. The molecule has 0 aliphatic carbocycles. The average Bonchev–Trinajstić information content (AvgIpc) is 2.62. The van der Waals surface area contributed by atoms with Crippen LogP contribution in [-0.2, 0) is 4.79 Å². The second-order valence-corrected chi connectivity index (χ2v) is 4.57. The van der Waals surface area contributed by atoms with Crippen molar-refractivity contribution in [1.82, 2.24) is 4.90 Å². The van der Waals surface area contributed by atoms with E-state index in [0.717, 1.165) is 28.8 Å². The molecule has 1 aromatic rings. The normalized spacial score (nSPS) is 17.1. The Kier molecular flexibility index (Phi) is 3.42. The molecule has 18 heavy (non-hydrogen) atoms. The van der Waals surface area contributed by atoms with Gasteiger partial charge in [0.15, 0.2) is 17.7 Å². The number of aromatic hydroxyl groups is 1. The maximum absolute atomic E-state index is 12.8. The number of halogens is 1. The Bertz CT molecular complexity index is 492. The Hall–Kier alpha value is -1.76. The summed E-state index contributed by atoms with van der Waals surface area (Å²) in [4.78, 5) is 23.8. The van der Waals surface area contributed by atoms with Gasteiger partial charge in [0.05, 0.1) is 5.75 Å². The molecule has 1 unspecified atom stereocenters. The van der Waals surface area contributed by atoms with Crippen LogP contribution >= 0.6 is 11.8 Å². The lowest BCUT2D eigenvalue weighted by atomic mass is 10.3. The third kappa shape index (κ3) is 2.40. The minimum atomic E-state index is -0.851. The van der Waals surface area contributed by atoms with E-state index < -0.39 is 17.3 Å². The zero-order valence-electron chi connectivity index (χ0n) is 9.42. The summed E-state index contributed by atoms with van der Waals surface area (Å²) in [5.74, 6) is -1.23. The molecule has 0 saturated carbocycles. The monoisotopic (exact) mass is 271 g/mol. The first-order valence-electron chi connectivity index (χ1n) is 5.13. The largest absolute Gasteiger partial charge is 0.504 e. The fraction of sp³-hybridized carbons (Fsp3) is 0.273. The minimum absolute atomic E-state index is 0.0152. The smallest absolute Gasteiger partial charge is 0.291 e. The van der Waals surface area contributed by atoms with Crippen molar-refractivity contribution in [2.24, 2.45) is 0 Å². The summed E-state index contributed by atoms with van der Waals surface area (Å²) in [6.07, 6.45) is -0.851. The van der Waals surface area contributed by atoms with Crippen molar-refractivity contribution in [3.05, 3.63) is 24.0 Å². The summed E-state index contributed by atoms with van der Waals surface area (Å²) in [7, 11) is 0. The molecule has 0 spiro atoms. The molecule has 0 bridgehead atoms. The van der Waals surface area contributed by atoms with Crippen molar-refractivity contribution in [1.29, 1.82) is 0 Å². The second-order valence-electron chi connectivity index (χ2n) is 3.65. The predicted molar refractivity (Wildman–Crippen MR) is 62.9 cm³/mol. The Labute approximate surface area is 107 Å². The van der Waals surface area contributed by atoms with Crippen molar-refractivity contribution in [2.45, 2.75) is 13.2 Å². The predicted octanol–water partition coefficient (Wildman–Crippen LogP) is 1.95. The number of hydrogen-bond donors (Lipinski definition) is 1. The lowest BCUT2D eigenvalue weighted by molar-refractivity contribution is -0.129. The Morgan fingerprint density at radius 1 is 1.50 bits per heavy atom. The number of carbonyl (C=O) groups excluding carboxylic acids is 2. The summed E-state index contributed by atoms with van der Waals surface area (Å²) < 4.78 is 18.1. The Morgan fingerprint density at radius 2 is 2.22 bits per heavy atom. The first kappa shape index (κ1) is 12.7. The van der Waals surface area contributed by atoms with Gasteiger partial charge in [-0.3, -0.25) is 9.59 Å². The van der Waals surface area contributed by atoms with Gasteiger partial charge in [-0.25, -0.2) is 9.29 Å². The molecule has 5 nitrogen and oxygen atoms in total. The van der Waals surface area contributed by atoms with Gasteiger partial charge in [-0.15, -0.1) is 0 Å². The maximum Gasteiger partial charge on any atom is 0.291 e. The summed E-state index contributed by atoms with van der Waals surface area (Å²) in [6.45, 7) is 1.50. The number of imide groups is 1. The molecule has 1 saturated heterocycles. The van der Waals surface area contributed by atoms with E-state index in [2.05, 4.69) is 0 Å². The van der Waals surface area contributed by atoms with E-state index in [0.29, 0.717) is 0 Å². The third-order valence-corrected chi connectivity index (χ3v) is 3.20. The van der Waals surface area contributed by atoms with Crippen LogP contribution in [-0.4, -0.2) is 33.1 Å². The first-order valence-corrected chi connectivity index (χ1v) is 6.11. The molecule has 7 heteroatoms. The van der Waals surface area contributed by atoms with Gasteiger partial charge < -0.3 is 9.84 Å². The molecule has 1 atom stereocenters. The van der Waals surface area contributed by atoms with Crippen molar-refractivity contribution in [2.75, 3.05) is 5.75 Å². The van der Waals surface area contributed by atoms with Crippen molar-refractivity contribution >= 4 is 22.9 Å². The molecule has 1 N–H and O–H groups in total. The molecular formula is C11H10FNO4S. The van der Waals surface area contributed by atoms with Crippen LogP contribution in [0.5, 0.6) is 11.5 Å². The highest BCUT2D eigenvalue weighted by atomic mass is 32.2. The fourth-order valence-corrected chi connectivity index (χ4v) is 2.32. The van der Waals surface area contributed by atoms with Gasteiger partial charge in [0.1, 0.15) is 5.82 Å². The van der Waals surface area contributed by atoms with Crippen LogP contribution in [0.1, 0.15) is 6.92 Å². The van der Waals surface area contributed by atoms with Crippen LogP contribution in [0.3, 0.4) is 0 Å².